The van der Waals surface area contributed by atoms with Crippen LogP contribution in [0.4, 0.5) is 4.79 Å². The van der Waals surface area contributed by atoms with Gasteiger partial charge < -0.3 is 14.6 Å². The smallest absolute Gasteiger partial charge is 0.410 e. The van der Waals surface area contributed by atoms with E-state index in [0.717, 1.165) is 66.5 Å². The third-order valence-corrected chi connectivity index (χ3v) is 6.95. The van der Waals surface area contributed by atoms with Crippen molar-refractivity contribution in [1.82, 2.24) is 29.5 Å². The molecule has 1 saturated heterocycles. The first-order valence-electron chi connectivity index (χ1n) is 9.95. The number of aromatic amines is 1. The number of carbonyl (C=O) groups excluding carboxylic acids is 1. The molecule has 2 aliphatic rings. The third kappa shape index (κ3) is 3.01. The monoisotopic (exact) mass is 400 g/mol. The van der Waals surface area contributed by atoms with Gasteiger partial charge in [0.15, 0.2) is 11.3 Å². The van der Waals surface area contributed by atoms with Crippen LogP contribution in [-0.4, -0.2) is 66.3 Å². The Labute approximate surface area is 167 Å². The second-order valence-corrected chi connectivity index (χ2v) is 8.80. The topological polar surface area (TPSA) is 88.4 Å². The molecule has 1 aliphatic heterocycles. The van der Waals surface area contributed by atoms with Crippen molar-refractivity contribution in [3.8, 4) is 0 Å². The molecule has 1 saturated carbocycles. The molecule has 2 fully saturated rings. The van der Waals surface area contributed by atoms with Gasteiger partial charge in [0.2, 0.25) is 0 Å². The Morgan fingerprint density at radius 2 is 2.18 bits per heavy atom. The molecule has 3 aromatic heterocycles. The molecule has 0 bridgehead atoms. The second kappa shape index (κ2) is 7.27. The van der Waals surface area contributed by atoms with Crippen LogP contribution in [0.3, 0.4) is 0 Å². The molecule has 8 nitrogen and oxygen atoms in total. The number of H-pyrrole nitrogens is 1. The Hall–Kier alpha value is -2.29. The van der Waals surface area contributed by atoms with Gasteiger partial charge in [-0.3, -0.25) is 4.40 Å². The number of carbonyl (C=O) groups is 1. The molecule has 1 aliphatic carbocycles. The first-order chi connectivity index (χ1) is 13.7. The van der Waals surface area contributed by atoms with Crippen molar-refractivity contribution < 1.29 is 9.53 Å². The predicted molar refractivity (Wildman–Crippen MR) is 108 cm³/mol. The summed E-state index contributed by atoms with van der Waals surface area (Å²) in [5.41, 5.74) is 2.56. The molecule has 0 radical (unpaired) electrons. The van der Waals surface area contributed by atoms with E-state index in [1.165, 1.54) is 0 Å². The molecule has 1 N–H and O–H groups in total. The summed E-state index contributed by atoms with van der Waals surface area (Å²) in [7, 11) is 0. The van der Waals surface area contributed by atoms with Crippen LogP contribution in [0.25, 0.3) is 16.8 Å². The molecule has 0 spiro atoms. The summed E-state index contributed by atoms with van der Waals surface area (Å²) in [4.78, 5) is 21.9. The van der Waals surface area contributed by atoms with Crippen LogP contribution in [0, 0.1) is 5.92 Å². The summed E-state index contributed by atoms with van der Waals surface area (Å²) in [6, 6.07) is 2.00. The number of nitrogens with zero attached hydrogens (tertiary/aromatic N) is 5. The van der Waals surface area contributed by atoms with E-state index in [1.54, 1.807) is 6.20 Å². The van der Waals surface area contributed by atoms with E-state index in [2.05, 4.69) is 31.5 Å². The Morgan fingerprint density at radius 1 is 1.32 bits per heavy atom. The Bertz CT molecular complexity index is 995. The van der Waals surface area contributed by atoms with Gasteiger partial charge in [0.1, 0.15) is 11.9 Å². The van der Waals surface area contributed by atoms with E-state index in [1.807, 2.05) is 28.9 Å². The summed E-state index contributed by atoms with van der Waals surface area (Å²) in [5, 5.41) is 8.85. The summed E-state index contributed by atoms with van der Waals surface area (Å²) in [5.74, 6) is 3.57. The maximum absolute atomic E-state index is 12.5. The highest BCUT2D eigenvalue weighted by Gasteiger charge is 2.39. The van der Waals surface area contributed by atoms with Gasteiger partial charge in [-0.05, 0) is 24.8 Å². The fraction of sp³-hybridized carbons (Fsp3) is 0.579. The number of amides is 1. The highest BCUT2D eigenvalue weighted by Crippen LogP contribution is 2.42. The van der Waals surface area contributed by atoms with Crippen molar-refractivity contribution >= 4 is 34.7 Å². The molecule has 9 heteroatoms. The molecule has 0 unspecified atom stereocenters. The van der Waals surface area contributed by atoms with Crippen LogP contribution in [0.2, 0.25) is 0 Å². The highest BCUT2D eigenvalue weighted by molar-refractivity contribution is 7.99. The van der Waals surface area contributed by atoms with E-state index >= 15 is 0 Å². The molecule has 3 atom stereocenters. The van der Waals surface area contributed by atoms with E-state index in [-0.39, 0.29) is 18.1 Å². The van der Waals surface area contributed by atoms with Crippen molar-refractivity contribution in [3.05, 3.63) is 24.3 Å². The van der Waals surface area contributed by atoms with Crippen molar-refractivity contribution in [2.75, 3.05) is 24.6 Å². The third-order valence-electron chi connectivity index (χ3n) is 6.01. The summed E-state index contributed by atoms with van der Waals surface area (Å²) >= 11 is 1.89. The predicted octanol–water partition coefficient (Wildman–Crippen LogP) is 3.06. The fourth-order valence-electron chi connectivity index (χ4n) is 4.54. The number of rotatable bonds is 3. The molecular weight excluding hydrogens is 376 g/mol. The van der Waals surface area contributed by atoms with Crippen LogP contribution >= 0.6 is 11.8 Å². The zero-order chi connectivity index (χ0) is 19.1. The quantitative estimate of drug-likeness (QED) is 0.727. The molecule has 1 amide bonds. The van der Waals surface area contributed by atoms with E-state index in [4.69, 9.17) is 4.74 Å². The van der Waals surface area contributed by atoms with Gasteiger partial charge in [-0.15, -0.1) is 10.2 Å². The van der Waals surface area contributed by atoms with Crippen LogP contribution in [0.1, 0.15) is 37.9 Å². The largest absolute Gasteiger partial charge is 0.446 e. The van der Waals surface area contributed by atoms with Crippen molar-refractivity contribution in [3.63, 3.8) is 0 Å². The second-order valence-electron chi connectivity index (χ2n) is 7.57. The molecule has 4 heterocycles. The Kier molecular flexibility index (Phi) is 4.62. The van der Waals surface area contributed by atoms with Crippen molar-refractivity contribution in [2.24, 2.45) is 5.92 Å². The Balaban J connectivity index is 1.40. The number of thioether (sulfide) groups is 1. The molecule has 3 aromatic rings. The van der Waals surface area contributed by atoms with Crippen molar-refractivity contribution in [1.29, 1.82) is 0 Å². The first-order valence-corrected chi connectivity index (χ1v) is 11.1. The molecule has 0 aromatic carbocycles. The number of hydrogen-bond acceptors (Lipinski definition) is 6. The average Bonchev–Trinajstić information content (AvgIpc) is 3.45. The summed E-state index contributed by atoms with van der Waals surface area (Å²) in [6.07, 6.45) is 6.10. The van der Waals surface area contributed by atoms with Gasteiger partial charge in [0, 0.05) is 36.7 Å². The SMILES string of the molecule is CC[C@@H]1C[C@H](OC(=O)N2CCSCC2)C[C@@H]1c1nnc2cnc3[nH]ccc3n12. The van der Waals surface area contributed by atoms with Crippen LogP contribution < -0.4 is 0 Å². The first kappa shape index (κ1) is 17.8. The maximum atomic E-state index is 12.5. The van der Waals surface area contributed by atoms with Gasteiger partial charge in [-0.2, -0.15) is 11.8 Å². The standard InChI is InChI=1S/C19H24N6O2S/c1-2-12-9-13(27-19(26)24-5-7-28-8-6-24)10-14(12)18-23-22-16-11-21-17-15(25(16)18)3-4-20-17/h3-4,11-14,20H,2,5-10H2,1H3/t12-,13+,14+/m1/s1. The average molecular weight is 401 g/mol. The van der Waals surface area contributed by atoms with Crippen molar-refractivity contribution in [2.45, 2.75) is 38.2 Å². The van der Waals surface area contributed by atoms with E-state index in [9.17, 15) is 4.79 Å². The number of ether oxygens (including phenoxy) is 1. The molecule has 28 heavy (non-hydrogen) atoms. The maximum Gasteiger partial charge on any atom is 0.410 e. The van der Waals surface area contributed by atoms with Crippen LogP contribution in [0.15, 0.2) is 18.5 Å². The van der Waals surface area contributed by atoms with Gasteiger partial charge >= 0.3 is 6.09 Å². The Morgan fingerprint density at radius 3 is 3.00 bits per heavy atom. The lowest BCUT2D eigenvalue weighted by atomic mass is 9.93. The number of aromatic nitrogens is 5. The lowest BCUT2D eigenvalue weighted by Gasteiger charge is -2.27. The number of hydrogen-bond donors (Lipinski definition) is 1. The van der Waals surface area contributed by atoms with Gasteiger partial charge in [0.25, 0.3) is 0 Å². The lowest BCUT2D eigenvalue weighted by molar-refractivity contribution is 0.0658. The minimum absolute atomic E-state index is 0.0621. The van der Waals surface area contributed by atoms with Gasteiger partial charge in [-0.1, -0.05) is 13.3 Å². The zero-order valence-corrected chi connectivity index (χ0v) is 16.7. The van der Waals surface area contributed by atoms with E-state index in [0.29, 0.717) is 5.92 Å². The van der Waals surface area contributed by atoms with Gasteiger partial charge in [0.05, 0.1) is 11.7 Å². The summed E-state index contributed by atoms with van der Waals surface area (Å²) in [6.45, 7) is 3.76. The summed E-state index contributed by atoms with van der Waals surface area (Å²) < 4.78 is 7.99. The minimum Gasteiger partial charge on any atom is -0.446 e. The van der Waals surface area contributed by atoms with E-state index < -0.39 is 0 Å². The normalized spacial score (nSPS) is 25.6. The number of fused-ring (bicyclic) bond motifs is 3. The highest BCUT2D eigenvalue weighted by atomic mass is 32.2. The molecular formula is C19H24N6O2S. The molecule has 148 valence electrons. The minimum atomic E-state index is -0.163. The fourth-order valence-corrected chi connectivity index (χ4v) is 5.44. The van der Waals surface area contributed by atoms with Gasteiger partial charge in [-0.25, -0.2) is 9.78 Å². The number of nitrogens with one attached hydrogen (secondary N) is 1. The zero-order valence-electron chi connectivity index (χ0n) is 15.9. The van der Waals surface area contributed by atoms with Crippen LogP contribution in [-0.2, 0) is 4.74 Å². The lowest BCUT2D eigenvalue weighted by Crippen LogP contribution is -2.39. The van der Waals surface area contributed by atoms with Crippen LogP contribution in [0.5, 0.6) is 0 Å². The molecule has 5 rings (SSSR count).